The van der Waals surface area contributed by atoms with Gasteiger partial charge in [-0.2, -0.15) is 0 Å². The Hall–Kier alpha value is -2.09. The molecule has 28 heavy (non-hydrogen) atoms. The van der Waals surface area contributed by atoms with Gasteiger partial charge >= 0.3 is 18.2 Å². The zero-order valence-electron chi connectivity index (χ0n) is 17.4. The van der Waals surface area contributed by atoms with Crippen LogP contribution in [0.3, 0.4) is 0 Å². The van der Waals surface area contributed by atoms with Gasteiger partial charge in [0.15, 0.2) is 0 Å². The molecule has 156 valence electrons. The van der Waals surface area contributed by atoms with Crippen LogP contribution in [0.4, 0.5) is 9.59 Å². The van der Waals surface area contributed by atoms with Gasteiger partial charge in [0.1, 0.15) is 11.2 Å². The fourth-order valence-corrected chi connectivity index (χ4v) is 2.51. The first-order valence-corrected chi connectivity index (χ1v) is 9.88. The smallest absolute Gasteiger partial charge is 0.420 e. The summed E-state index contributed by atoms with van der Waals surface area (Å²) in [5.41, 5.74) is 0.112. The molecule has 0 heterocycles. The first kappa shape index (κ1) is 23.9. The molecule has 0 unspecified atom stereocenters. The number of rotatable bonds is 4. The Morgan fingerprint density at radius 2 is 1.36 bits per heavy atom. The number of hydrogen-bond acceptors (Lipinski definition) is 6. The maximum Gasteiger partial charge on any atom is 0.420 e. The van der Waals surface area contributed by atoms with Crippen molar-refractivity contribution in [3.63, 3.8) is 0 Å². The van der Waals surface area contributed by atoms with Crippen molar-refractivity contribution in [2.75, 3.05) is 7.11 Å². The first-order chi connectivity index (χ1) is 12.8. The second-order valence-electron chi connectivity index (χ2n) is 8.21. The van der Waals surface area contributed by atoms with Gasteiger partial charge in [-0.3, -0.25) is 0 Å². The molecule has 0 radical (unpaired) electrons. The Morgan fingerprint density at radius 3 is 1.75 bits per heavy atom. The molecule has 8 heteroatoms. The van der Waals surface area contributed by atoms with Gasteiger partial charge in [-0.25, -0.2) is 19.3 Å². The van der Waals surface area contributed by atoms with E-state index in [2.05, 4.69) is 15.9 Å². The number of halogens is 1. The fourth-order valence-electron chi connectivity index (χ4n) is 2.19. The van der Waals surface area contributed by atoms with Gasteiger partial charge in [-0.1, -0.05) is 22.0 Å². The Morgan fingerprint density at radius 1 is 0.893 bits per heavy atom. The van der Waals surface area contributed by atoms with Crippen LogP contribution in [0.25, 0.3) is 0 Å². The molecule has 1 aromatic rings. The van der Waals surface area contributed by atoms with Gasteiger partial charge in [0.05, 0.1) is 19.2 Å². The van der Waals surface area contributed by atoms with E-state index in [-0.39, 0.29) is 6.54 Å². The summed E-state index contributed by atoms with van der Waals surface area (Å²) >= 11 is 3.35. The third kappa shape index (κ3) is 7.88. The highest BCUT2D eigenvalue weighted by Crippen LogP contribution is 2.20. The van der Waals surface area contributed by atoms with Crippen molar-refractivity contribution in [3.8, 4) is 0 Å². The normalized spacial score (nSPS) is 11.6. The lowest BCUT2D eigenvalue weighted by atomic mass is 10.1. The molecule has 7 nitrogen and oxygen atoms in total. The number of carbonyl (C=O) groups excluding carboxylic acids is 3. The summed E-state index contributed by atoms with van der Waals surface area (Å²) in [6, 6.07) is 5.03. The average Bonchev–Trinajstić information content (AvgIpc) is 2.55. The van der Waals surface area contributed by atoms with E-state index in [1.807, 2.05) is 0 Å². The molecule has 0 aromatic heterocycles. The van der Waals surface area contributed by atoms with Gasteiger partial charge in [-0.05, 0) is 64.8 Å². The van der Waals surface area contributed by atoms with E-state index in [4.69, 9.17) is 14.2 Å². The largest absolute Gasteiger partial charge is 0.465 e. The number of imide groups is 1. The van der Waals surface area contributed by atoms with Crippen LogP contribution >= 0.6 is 15.9 Å². The zero-order valence-corrected chi connectivity index (χ0v) is 19.0. The van der Waals surface area contributed by atoms with Gasteiger partial charge < -0.3 is 14.2 Å². The molecule has 1 rings (SSSR count). The predicted molar refractivity (Wildman–Crippen MR) is 108 cm³/mol. The molecule has 2 amide bonds. The summed E-state index contributed by atoms with van der Waals surface area (Å²) in [4.78, 5) is 38.1. The SMILES string of the molecule is COC(=O)c1cc(CBr)cc(CN(C(=O)OC(C)(C)C)C(=O)OC(C)(C)C)c1. The van der Waals surface area contributed by atoms with E-state index in [1.165, 1.54) is 7.11 Å². The van der Waals surface area contributed by atoms with E-state index in [0.717, 1.165) is 10.5 Å². The number of amides is 2. The van der Waals surface area contributed by atoms with Crippen molar-refractivity contribution in [3.05, 3.63) is 34.9 Å². The second-order valence-corrected chi connectivity index (χ2v) is 8.77. The highest BCUT2D eigenvalue weighted by Gasteiger charge is 2.31. The Balaban J connectivity index is 3.26. The number of carbonyl (C=O) groups is 3. The number of alkyl halides is 1. The van der Waals surface area contributed by atoms with Crippen molar-refractivity contribution < 1.29 is 28.6 Å². The Bertz CT molecular complexity index is 705. The Kier molecular flexibility index (Phi) is 8.05. The van der Waals surface area contributed by atoms with Crippen molar-refractivity contribution in [1.82, 2.24) is 4.90 Å². The molecule has 0 saturated carbocycles. The maximum atomic E-state index is 12.6. The standard InChI is InChI=1S/C20H28BrNO6/c1-19(2,3)27-17(24)22(18(25)28-20(4,5)6)12-14-8-13(11-21)9-15(10-14)16(23)26-7/h8-10H,11-12H2,1-7H3. The monoisotopic (exact) mass is 457 g/mol. The van der Waals surface area contributed by atoms with Gasteiger partial charge in [0, 0.05) is 5.33 Å². The predicted octanol–water partition coefficient (Wildman–Crippen LogP) is 5.04. The van der Waals surface area contributed by atoms with Crippen LogP contribution in [0, 0.1) is 0 Å². The van der Waals surface area contributed by atoms with E-state index >= 15 is 0 Å². The Labute approximate surface area is 174 Å². The highest BCUT2D eigenvalue weighted by atomic mass is 79.9. The summed E-state index contributed by atoms with van der Waals surface area (Å²) in [7, 11) is 1.29. The van der Waals surface area contributed by atoms with E-state index in [9.17, 15) is 14.4 Å². The van der Waals surface area contributed by atoms with Crippen LogP contribution in [0.1, 0.15) is 63.0 Å². The quantitative estimate of drug-likeness (QED) is 0.357. The fraction of sp³-hybridized carbons (Fsp3) is 0.550. The highest BCUT2D eigenvalue weighted by molar-refractivity contribution is 9.08. The lowest BCUT2D eigenvalue weighted by molar-refractivity contribution is -0.000262. The molecule has 0 bridgehead atoms. The molecule has 0 saturated heterocycles. The minimum absolute atomic E-state index is 0.116. The minimum atomic E-state index is -0.828. The van der Waals surface area contributed by atoms with Crippen LogP contribution in [0.2, 0.25) is 0 Å². The van der Waals surface area contributed by atoms with Crippen LogP contribution in [-0.4, -0.2) is 41.4 Å². The molecule has 0 aliphatic carbocycles. The summed E-state index contributed by atoms with van der Waals surface area (Å²) in [6.45, 7) is 10.1. The number of hydrogen-bond donors (Lipinski definition) is 0. The molecule has 0 fully saturated rings. The number of nitrogens with zero attached hydrogens (tertiary/aromatic N) is 1. The van der Waals surface area contributed by atoms with Crippen molar-refractivity contribution in [2.24, 2.45) is 0 Å². The maximum absolute atomic E-state index is 12.6. The molecule has 0 spiro atoms. The van der Waals surface area contributed by atoms with Gasteiger partial charge in [0.2, 0.25) is 0 Å². The third-order valence-corrected chi connectivity index (χ3v) is 3.84. The summed E-state index contributed by atoms with van der Waals surface area (Å²) in [5, 5.41) is 0.490. The number of benzene rings is 1. The van der Waals surface area contributed by atoms with Crippen LogP contribution in [0.15, 0.2) is 18.2 Å². The van der Waals surface area contributed by atoms with Crippen LogP contribution in [0.5, 0.6) is 0 Å². The molecule has 0 atom stereocenters. The average molecular weight is 458 g/mol. The minimum Gasteiger partial charge on any atom is -0.465 e. The molecule has 0 aliphatic heterocycles. The molecule has 0 aliphatic rings. The molecular weight excluding hydrogens is 430 g/mol. The van der Waals surface area contributed by atoms with Crippen LogP contribution < -0.4 is 0 Å². The van der Waals surface area contributed by atoms with E-state index in [1.54, 1.807) is 59.7 Å². The lowest BCUT2D eigenvalue weighted by Gasteiger charge is -2.28. The van der Waals surface area contributed by atoms with E-state index < -0.39 is 29.4 Å². The summed E-state index contributed by atoms with van der Waals surface area (Å²) in [6.07, 6.45) is -1.66. The van der Waals surface area contributed by atoms with Gasteiger partial charge in [0.25, 0.3) is 0 Å². The topological polar surface area (TPSA) is 82.1 Å². The second kappa shape index (κ2) is 9.41. The lowest BCUT2D eigenvalue weighted by Crippen LogP contribution is -2.43. The molecule has 1 aromatic carbocycles. The molecular formula is C20H28BrNO6. The summed E-state index contributed by atoms with van der Waals surface area (Å²) in [5.74, 6) is -0.509. The van der Waals surface area contributed by atoms with E-state index in [0.29, 0.717) is 16.5 Å². The summed E-state index contributed by atoms with van der Waals surface area (Å²) < 4.78 is 15.5. The molecule has 0 N–H and O–H groups in total. The van der Waals surface area contributed by atoms with Crippen LogP contribution in [-0.2, 0) is 26.1 Å². The number of ether oxygens (including phenoxy) is 3. The van der Waals surface area contributed by atoms with Crippen molar-refractivity contribution in [1.29, 1.82) is 0 Å². The zero-order chi connectivity index (χ0) is 21.7. The third-order valence-electron chi connectivity index (χ3n) is 3.20. The van der Waals surface area contributed by atoms with Crippen molar-refractivity contribution in [2.45, 2.75) is 64.6 Å². The number of esters is 1. The van der Waals surface area contributed by atoms with Gasteiger partial charge in [-0.15, -0.1) is 0 Å². The number of methoxy groups -OCH3 is 1. The first-order valence-electron chi connectivity index (χ1n) is 8.76. The van der Waals surface area contributed by atoms with Crippen molar-refractivity contribution >= 4 is 34.1 Å².